The number of rotatable bonds is 5. The summed E-state index contributed by atoms with van der Waals surface area (Å²) in [6.07, 6.45) is 4.26. The fourth-order valence-electron chi connectivity index (χ4n) is 1.99. The van der Waals surface area contributed by atoms with Gasteiger partial charge >= 0.3 is 5.97 Å². The van der Waals surface area contributed by atoms with E-state index in [-0.39, 0.29) is 18.4 Å². The topological polar surface area (TPSA) is 42.1 Å². The van der Waals surface area contributed by atoms with Crippen molar-refractivity contribution in [3.05, 3.63) is 36.0 Å². The number of hydrogen-bond acceptors (Lipinski definition) is 2. The van der Waals surface area contributed by atoms with Crippen molar-refractivity contribution in [3.8, 4) is 0 Å². The molecule has 0 unspecified atom stereocenters. The number of fused-ring (bicyclic) bond motifs is 1. The second-order valence-electron chi connectivity index (χ2n) is 4.02. The smallest absolute Gasteiger partial charge is 0.305 e. The molecule has 98 valence electrons. The molecule has 0 aliphatic carbocycles. The number of aromatic nitrogens is 1. The molecule has 0 radical (unpaired) electrons. The Bertz CT molecular complexity index is 507. The molecule has 1 aromatic heterocycles. The van der Waals surface area contributed by atoms with E-state index >= 15 is 0 Å². The first-order valence-corrected chi connectivity index (χ1v) is 6.02. The minimum Gasteiger partial charge on any atom is -0.466 e. The lowest BCUT2D eigenvalue weighted by Gasteiger charge is -2.01. The molecule has 0 fully saturated rings. The maximum atomic E-state index is 11.2. The van der Waals surface area contributed by atoms with Crippen LogP contribution in [0.1, 0.15) is 25.3 Å². The van der Waals surface area contributed by atoms with Crippen LogP contribution in [0.2, 0.25) is 0 Å². The lowest BCUT2D eigenvalue weighted by atomic mass is 10.1. The van der Waals surface area contributed by atoms with Gasteiger partial charge in [-0.05, 0) is 31.4 Å². The Morgan fingerprint density at radius 1 is 1.33 bits per heavy atom. The zero-order valence-electron chi connectivity index (χ0n) is 10.4. The number of carbonyl (C=O) groups excluding carboxylic acids is 1. The highest BCUT2D eigenvalue weighted by atomic mass is 35.5. The van der Waals surface area contributed by atoms with Crippen molar-refractivity contribution < 1.29 is 9.53 Å². The van der Waals surface area contributed by atoms with Gasteiger partial charge in [0.25, 0.3) is 0 Å². The van der Waals surface area contributed by atoms with Crippen LogP contribution in [-0.2, 0) is 16.0 Å². The Hall–Kier alpha value is -1.48. The van der Waals surface area contributed by atoms with E-state index in [0.717, 1.165) is 18.4 Å². The van der Waals surface area contributed by atoms with Gasteiger partial charge in [-0.2, -0.15) is 0 Å². The molecule has 4 heteroatoms. The van der Waals surface area contributed by atoms with Gasteiger partial charge < -0.3 is 9.72 Å². The van der Waals surface area contributed by atoms with E-state index in [1.807, 2.05) is 25.3 Å². The average molecular weight is 268 g/mol. The van der Waals surface area contributed by atoms with Crippen LogP contribution >= 0.6 is 12.4 Å². The summed E-state index contributed by atoms with van der Waals surface area (Å²) in [4.78, 5) is 14.4. The van der Waals surface area contributed by atoms with Gasteiger partial charge in [-0.15, -0.1) is 12.4 Å². The van der Waals surface area contributed by atoms with E-state index < -0.39 is 0 Å². The number of halogens is 1. The molecule has 0 spiro atoms. The number of carbonyl (C=O) groups is 1. The summed E-state index contributed by atoms with van der Waals surface area (Å²) in [5.41, 5.74) is 2.42. The van der Waals surface area contributed by atoms with Gasteiger partial charge in [-0.3, -0.25) is 4.79 Å². The van der Waals surface area contributed by atoms with Crippen molar-refractivity contribution in [1.82, 2.24) is 4.98 Å². The predicted molar refractivity (Wildman–Crippen MR) is 75.1 cm³/mol. The standard InChI is InChI=1S/C14H17NO2.ClH/c1-2-17-14(16)9-5-6-11-10-15-13-8-4-3-7-12(11)13;/h3-4,7-8,10,15H,2,5-6,9H2,1H3;1H. The highest BCUT2D eigenvalue weighted by molar-refractivity contribution is 5.85. The van der Waals surface area contributed by atoms with Crippen molar-refractivity contribution >= 4 is 29.3 Å². The molecule has 2 aromatic rings. The first-order chi connectivity index (χ1) is 8.31. The van der Waals surface area contributed by atoms with Crippen LogP contribution in [-0.4, -0.2) is 17.6 Å². The summed E-state index contributed by atoms with van der Waals surface area (Å²) in [5, 5.41) is 1.25. The van der Waals surface area contributed by atoms with Gasteiger partial charge in [0, 0.05) is 23.5 Å². The van der Waals surface area contributed by atoms with Crippen molar-refractivity contribution in [2.75, 3.05) is 6.61 Å². The van der Waals surface area contributed by atoms with E-state index in [4.69, 9.17) is 4.74 Å². The van der Waals surface area contributed by atoms with Gasteiger partial charge in [0.05, 0.1) is 6.61 Å². The maximum Gasteiger partial charge on any atom is 0.305 e. The molecular formula is C14H18ClNO2. The first-order valence-electron chi connectivity index (χ1n) is 6.02. The largest absolute Gasteiger partial charge is 0.466 e. The van der Waals surface area contributed by atoms with Gasteiger partial charge in [-0.1, -0.05) is 18.2 Å². The molecule has 0 saturated heterocycles. The molecule has 0 atom stereocenters. The molecule has 0 saturated carbocycles. The van der Waals surface area contributed by atoms with Crippen molar-refractivity contribution in [1.29, 1.82) is 0 Å². The van der Waals surface area contributed by atoms with Crippen LogP contribution in [0.5, 0.6) is 0 Å². The molecule has 0 aliphatic heterocycles. The highest BCUT2D eigenvalue weighted by Crippen LogP contribution is 2.19. The van der Waals surface area contributed by atoms with Crippen LogP contribution in [0.4, 0.5) is 0 Å². The number of ether oxygens (including phenoxy) is 1. The van der Waals surface area contributed by atoms with E-state index in [9.17, 15) is 4.79 Å². The molecule has 0 amide bonds. The molecule has 1 N–H and O–H groups in total. The summed E-state index contributed by atoms with van der Waals surface area (Å²) in [5.74, 6) is -0.104. The van der Waals surface area contributed by atoms with Crippen LogP contribution in [0, 0.1) is 0 Å². The molecule has 1 heterocycles. The van der Waals surface area contributed by atoms with Crippen molar-refractivity contribution in [2.24, 2.45) is 0 Å². The third-order valence-electron chi connectivity index (χ3n) is 2.81. The molecule has 1 aromatic carbocycles. The van der Waals surface area contributed by atoms with Gasteiger partial charge in [-0.25, -0.2) is 0 Å². The third kappa shape index (κ3) is 3.50. The summed E-state index contributed by atoms with van der Waals surface area (Å²) in [6, 6.07) is 8.21. The molecule has 18 heavy (non-hydrogen) atoms. The van der Waals surface area contributed by atoms with E-state index in [1.54, 1.807) is 0 Å². The molecule has 0 aliphatic rings. The lowest BCUT2D eigenvalue weighted by Crippen LogP contribution is -2.03. The number of benzene rings is 1. The van der Waals surface area contributed by atoms with Crippen LogP contribution in [0.3, 0.4) is 0 Å². The van der Waals surface area contributed by atoms with E-state index in [2.05, 4.69) is 17.1 Å². The number of para-hydroxylation sites is 1. The molecular weight excluding hydrogens is 250 g/mol. The van der Waals surface area contributed by atoms with Crippen LogP contribution in [0.25, 0.3) is 10.9 Å². The second kappa shape index (κ2) is 7.07. The Morgan fingerprint density at radius 3 is 2.89 bits per heavy atom. The van der Waals surface area contributed by atoms with Crippen LogP contribution < -0.4 is 0 Å². The maximum absolute atomic E-state index is 11.2. The number of H-pyrrole nitrogens is 1. The SMILES string of the molecule is CCOC(=O)CCCc1c[nH]c2ccccc12.Cl. The minimum absolute atomic E-state index is 0. The quantitative estimate of drug-likeness (QED) is 0.843. The van der Waals surface area contributed by atoms with E-state index in [1.165, 1.54) is 10.9 Å². The number of esters is 1. The monoisotopic (exact) mass is 267 g/mol. The van der Waals surface area contributed by atoms with Crippen molar-refractivity contribution in [3.63, 3.8) is 0 Å². The summed E-state index contributed by atoms with van der Waals surface area (Å²) >= 11 is 0. The second-order valence-corrected chi connectivity index (χ2v) is 4.02. The number of hydrogen-bond donors (Lipinski definition) is 1. The molecule has 3 nitrogen and oxygen atoms in total. The van der Waals surface area contributed by atoms with Gasteiger partial charge in [0.15, 0.2) is 0 Å². The normalized spacial score (nSPS) is 10.1. The Balaban J connectivity index is 0.00000162. The first kappa shape index (κ1) is 14.6. The van der Waals surface area contributed by atoms with Crippen LogP contribution in [0.15, 0.2) is 30.5 Å². The Labute approximate surface area is 113 Å². The average Bonchev–Trinajstić information content (AvgIpc) is 2.73. The van der Waals surface area contributed by atoms with Gasteiger partial charge in [0.1, 0.15) is 0 Å². The fourth-order valence-corrected chi connectivity index (χ4v) is 1.99. The number of aromatic amines is 1. The Morgan fingerprint density at radius 2 is 2.11 bits per heavy atom. The lowest BCUT2D eigenvalue weighted by molar-refractivity contribution is -0.143. The number of nitrogens with one attached hydrogen (secondary N) is 1. The summed E-state index contributed by atoms with van der Waals surface area (Å²) < 4.78 is 4.90. The molecule has 2 rings (SSSR count). The number of aryl methyl sites for hydroxylation is 1. The summed E-state index contributed by atoms with van der Waals surface area (Å²) in [7, 11) is 0. The summed E-state index contributed by atoms with van der Waals surface area (Å²) in [6.45, 7) is 2.30. The highest BCUT2D eigenvalue weighted by Gasteiger charge is 2.05. The third-order valence-corrected chi connectivity index (χ3v) is 2.81. The predicted octanol–water partition coefficient (Wildman–Crippen LogP) is 3.48. The van der Waals surface area contributed by atoms with Gasteiger partial charge in [0.2, 0.25) is 0 Å². The van der Waals surface area contributed by atoms with Crippen molar-refractivity contribution in [2.45, 2.75) is 26.2 Å². The zero-order valence-corrected chi connectivity index (χ0v) is 11.3. The zero-order chi connectivity index (χ0) is 12.1. The minimum atomic E-state index is -0.104. The van der Waals surface area contributed by atoms with E-state index in [0.29, 0.717) is 13.0 Å². The Kier molecular flexibility index (Phi) is 5.72. The fraction of sp³-hybridized carbons (Fsp3) is 0.357. The molecule has 0 bridgehead atoms.